The number of aromatic amines is 1. The van der Waals surface area contributed by atoms with Crippen molar-refractivity contribution in [3.63, 3.8) is 0 Å². The molecule has 27 heavy (non-hydrogen) atoms. The monoisotopic (exact) mass is 376 g/mol. The van der Waals surface area contributed by atoms with Crippen molar-refractivity contribution in [2.45, 2.75) is 11.7 Å². The molecule has 8 heteroatoms. The van der Waals surface area contributed by atoms with Crippen LogP contribution in [0.3, 0.4) is 0 Å². The van der Waals surface area contributed by atoms with E-state index in [9.17, 15) is 22.4 Å². The third-order valence-corrected chi connectivity index (χ3v) is 4.37. The predicted molar refractivity (Wildman–Crippen MR) is 89.6 cm³/mol. The van der Waals surface area contributed by atoms with Crippen LogP contribution in [-0.2, 0) is 10.3 Å². The van der Waals surface area contributed by atoms with Crippen molar-refractivity contribution in [2.75, 3.05) is 5.32 Å². The molecular formula is C19H12F4N2O2. The first kappa shape index (κ1) is 17.1. The average Bonchev–Trinajstić information content (AvgIpc) is 3.11. The molecule has 3 aromatic rings. The second-order valence-electron chi connectivity index (χ2n) is 6.05. The van der Waals surface area contributed by atoms with E-state index >= 15 is 0 Å². The van der Waals surface area contributed by atoms with E-state index in [1.165, 1.54) is 6.07 Å². The largest absolute Gasteiger partial charge is 0.428 e. The number of halogens is 4. The lowest BCUT2D eigenvalue weighted by Gasteiger charge is -2.37. The number of nitrogens with one attached hydrogen (secondary N) is 2. The molecule has 0 unspecified atom stereocenters. The fraction of sp³-hybridized carbons (Fsp3) is 0.105. The molecule has 1 aromatic heterocycles. The summed E-state index contributed by atoms with van der Waals surface area (Å²) in [6, 6.07) is 14.2. The molecule has 0 amide bonds. The summed E-state index contributed by atoms with van der Waals surface area (Å²) in [4.78, 5) is 15.1. The van der Waals surface area contributed by atoms with E-state index < -0.39 is 29.2 Å². The summed E-state index contributed by atoms with van der Waals surface area (Å²) >= 11 is 0. The highest BCUT2D eigenvalue weighted by Gasteiger charge is 2.66. The fourth-order valence-electron chi connectivity index (χ4n) is 3.03. The molecule has 0 saturated carbocycles. The van der Waals surface area contributed by atoms with Crippen LogP contribution in [0.15, 0.2) is 60.7 Å². The molecule has 1 aliphatic rings. The summed E-state index contributed by atoms with van der Waals surface area (Å²) in [5, 5.41) is 2.15. The average molecular weight is 376 g/mol. The van der Waals surface area contributed by atoms with Crippen molar-refractivity contribution in [3.8, 4) is 17.0 Å². The van der Waals surface area contributed by atoms with Gasteiger partial charge in [-0.1, -0.05) is 30.3 Å². The van der Waals surface area contributed by atoms with E-state index in [1.807, 2.05) is 0 Å². The molecular weight excluding hydrogens is 364 g/mol. The Morgan fingerprint density at radius 1 is 0.963 bits per heavy atom. The van der Waals surface area contributed by atoms with Crippen molar-refractivity contribution >= 4 is 11.7 Å². The van der Waals surface area contributed by atoms with Gasteiger partial charge >= 0.3 is 12.1 Å². The summed E-state index contributed by atoms with van der Waals surface area (Å²) in [6.07, 6.45) is -5.05. The summed E-state index contributed by atoms with van der Waals surface area (Å²) in [6.45, 7) is 0. The van der Waals surface area contributed by atoms with Gasteiger partial charge in [-0.3, -0.25) is 0 Å². The second-order valence-corrected chi connectivity index (χ2v) is 6.05. The maximum absolute atomic E-state index is 14.1. The van der Waals surface area contributed by atoms with Crippen LogP contribution >= 0.6 is 0 Å². The number of anilines is 1. The van der Waals surface area contributed by atoms with Gasteiger partial charge in [0.05, 0.1) is 11.4 Å². The minimum atomic E-state index is -5.05. The van der Waals surface area contributed by atoms with Gasteiger partial charge in [-0.2, -0.15) is 13.2 Å². The third kappa shape index (κ3) is 2.64. The molecule has 0 radical (unpaired) electrons. The first-order chi connectivity index (χ1) is 12.8. The molecule has 0 bridgehead atoms. The lowest BCUT2D eigenvalue weighted by molar-refractivity contribution is -0.199. The Labute approximate surface area is 150 Å². The quantitative estimate of drug-likeness (QED) is 0.390. The highest BCUT2D eigenvalue weighted by Crippen LogP contribution is 2.47. The summed E-state index contributed by atoms with van der Waals surface area (Å²) in [7, 11) is 0. The number of carbonyl (C=O) groups excluding carboxylic acids is 1. The molecule has 2 aromatic carbocycles. The normalized spacial score (nSPS) is 19.2. The Morgan fingerprint density at radius 2 is 1.70 bits per heavy atom. The molecule has 1 atom stereocenters. The molecule has 0 spiro atoms. The minimum Gasteiger partial charge on any atom is -0.422 e. The van der Waals surface area contributed by atoms with Crippen molar-refractivity contribution < 1.29 is 27.1 Å². The Bertz CT molecular complexity index is 1010. The van der Waals surface area contributed by atoms with Gasteiger partial charge in [0.25, 0.3) is 5.54 Å². The van der Waals surface area contributed by atoms with Crippen molar-refractivity contribution in [3.05, 3.63) is 72.2 Å². The van der Waals surface area contributed by atoms with Crippen LogP contribution in [0.1, 0.15) is 5.69 Å². The van der Waals surface area contributed by atoms with E-state index in [0.717, 1.165) is 24.3 Å². The number of carbonyl (C=O) groups is 1. The topological polar surface area (TPSA) is 54.1 Å². The number of fused-ring (bicyclic) bond motifs is 1. The molecule has 2 N–H and O–H groups in total. The zero-order valence-electron chi connectivity index (χ0n) is 13.6. The van der Waals surface area contributed by atoms with Crippen LogP contribution in [0.5, 0.6) is 5.75 Å². The van der Waals surface area contributed by atoms with Crippen LogP contribution in [0.2, 0.25) is 0 Å². The number of esters is 1. The highest BCUT2D eigenvalue weighted by molar-refractivity contribution is 5.93. The highest BCUT2D eigenvalue weighted by atomic mass is 19.4. The minimum absolute atomic E-state index is 0.170. The third-order valence-electron chi connectivity index (χ3n) is 4.37. The van der Waals surface area contributed by atoms with Crippen LogP contribution < -0.4 is 10.1 Å². The van der Waals surface area contributed by atoms with Crippen LogP contribution in [0.4, 0.5) is 23.2 Å². The van der Waals surface area contributed by atoms with Gasteiger partial charge in [-0.05, 0) is 29.8 Å². The number of aromatic nitrogens is 1. The van der Waals surface area contributed by atoms with E-state index in [0.29, 0.717) is 11.3 Å². The number of H-pyrrole nitrogens is 1. The first-order valence-corrected chi connectivity index (χ1v) is 7.93. The summed E-state index contributed by atoms with van der Waals surface area (Å²) < 4.78 is 60.6. The maximum Gasteiger partial charge on any atom is 0.428 e. The number of ether oxygens (including phenoxy) is 1. The lowest BCUT2D eigenvalue weighted by atomic mass is 9.92. The van der Waals surface area contributed by atoms with E-state index in [4.69, 9.17) is 4.74 Å². The predicted octanol–water partition coefficient (Wildman–Crippen LogP) is 4.61. The van der Waals surface area contributed by atoms with Crippen LogP contribution in [-0.4, -0.2) is 17.1 Å². The van der Waals surface area contributed by atoms with Crippen LogP contribution in [0, 0.1) is 5.82 Å². The maximum atomic E-state index is 14.1. The van der Waals surface area contributed by atoms with Gasteiger partial charge < -0.3 is 15.0 Å². The lowest BCUT2D eigenvalue weighted by Crippen LogP contribution is -2.59. The van der Waals surface area contributed by atoms with E-state index in [2.05, 4.69) is 10.3 Å². The number of rotatable bonds is 2. The Kier molecular flexibility index (Phi) is 3.73. The zero-order chi connectivity index (χ0) is 19.2. The molecule has 0 saturated heterocycles. The van der Waals surface area contributed by atoms with E-state index in [-0.39, 0.29) is 11.4 Å². The smallest absolute Gasteiger partial charge is 0.422 e. The summed E-state index contributed by atoms with van der Waals surface area (Å²) in [5.41, 5.74) is -2.84. The van der Waals surface area contributed by atoms with Crippen molar-refractivity contribution in [2.24, 2.45) is 0 Å². The molecule has 4 nitrogen and oxygen atoms in total. The molecule has 138 valence electrons. The molecule has 0 fully saturated rings. The van der Waals surface area contributed by atoms with Gasteiger partial charge in [0.1, 0.15) is 5.82 Å². The SMILES string of the molecule is O=C1Oc2ccc(F)cc2N[C@@]1(c1ccc(-c2ccccc2)[nH]1)C(F)(F)F. The summed E-state index contributed by atoms with van der Waals surface area (Å²) in [5.74, 6) is -2.47. The Balaban J connectivity index is 1.86. The van der Waals surface area contributed by atoms with Gasteiger partial charge in [-0.15, -0.1) is 0 Å². The number of hydrogen-bond donors (Lipinski definition) is 2. The van der Waals surface area contributed by atoms with Crippen molar-refractivity contribution in [1.29, 1.82) is 0 Å². The van der Waals surface area contributed by atoms with E-state index in [1.54, 1.807) is 30.3 Å². The van der Waals surface area contributed by atoms with Gasteiger partial charge in [0, 0.05) is 11.8 Å². The standard InChI is InChI=1S/C19H12F4N2O2/c20-12-6-8-15-14(10-12)25-18(17(26)27-15,19(21,22)23)16-9-7-13(24-16)11-4-2-1-3-5-11/h1-10,24-25H/t18-/m1/s1. The van der Waals surface area contributed by atoms with Crippen molar-refractivity contribution in [1.82, 2.24) is 4.98 Å². The first-order valence-electron chi connectivity index (χ1n) is 7.93. The molecule has 1 aliphatic heterocycles. The number of benzene rings is 2. The van der Waals surface area contributed by atoms with Crippen LogP contribution in [0.25, 0.3) is 11.3 Å². The molecule has 2 heterocycles. The van der Waals surface area contributed by atoms with Gasteiger partial charge in [0.2, 0.25) is 0 Å². The van der Waals surface area contributed by atoms with Gasteiger partial charge in [0.15, 0.2) is 5.75 Å². The second kappa shape index (κ2) is 5.87. The van der Waals surface area contributed by atoms with Gasteiger partial charge in [-0.25, -0.2) is 9.18 Å². The number of hydrogen-bond acceptors (Lipinski definition) is 3. The fourth-order valence-corrected chi connectivity index (χ4v) is 3.03. The Morgan fingerprint density at radius 3 is 2.41 bits per heavy atom. The molecule has 0 aliphatic carbocycles. The zero-order valence-corrected chi connectivity index (χ0v) is 13.6. The Hall–Kier alpha value is -3.29. The molecule has 4 rings (SSSR count). The number of alkyl halides is 3.